The quantitative estimate of drug-likeness (QED) is 0.771. The van der Waals surface area contributed by atoms with Gasteiger partial charge in [0, 0.05) is 12.7 Å². The number of hydrogen-bond donors (Lipinski definition) is 2. The van der Waals surface area contributed by atoms with E-state index in [2.05, 4.69) is 21.9 Å². The number of nitrogens with zero attached hydrogens (tertiary/aromatic N) is 1. The minimum Gasteiger partial charge on any atom is -0.313 e. The van der Waals surface area contributed by atoms with Gasteiger partial charge < -0.3 is 5.32 Å². The summed E-state index contributed by atoms with van der Waals surface area (Å²) in [5, 5.41) is 5.10. The van der Waals surface area contributed by atoms with Gasteiger partial charge in [0.1, 0.15) is 10.0 Å². The number of rotatable bonds is 7. The monoisotopic (exact) mass is 311 g/mol. The van der Waals surface area contributed by atoms with Gasteiger partial charge >= 0.3 is 0 Å². The zero-order valence-electron chi connectivity index (χ0n) is 11.2. The largest absolute Gasteiger partial charge is 0.313 e. The maximum atomic E-state index is 12.2. The lowest BCUT2D eigenvalue weighted by Crippen LogP contribution is -2.14. The molecule has 0 aliphatic rings. The van der Waals surface area contributed by atoms with E-state index in [-0.39, 0.29) is 0 Å². The molecule has 0 aliphatic heterocycles. The van der Waals surface area contributed by atoms with Gasteiger partial charge in [-0.15, -0.1) is 11.3 Å². The standard InChI is InChI=1S/C13H17N3O2S2/c1-2-6-14-9-11-8-13(19-10-11)20(17,18)16-12-5-3-4-7-15-12/h3-5,7-8,10,14H,2,6,9H2,1H3,(H,15,16). The molecule has 0 fully saturated rings. The van der Waals surface area contributed by atoms with Gasteiger partial charge in [-0.25, -0.2) is 13.4 Å². The van der Waals surface area contributed by atoms with Crippen LogP contribution in [0.25, 0.3) is 0 Å². The summed E-state index contributed by atoms with van der Waals surface area (Å²) >= 11 is 1.22. The SMILES string of the molecule is CCCNCc1csc(S(=O)(=O)Nc2ccccn2)c1. The fraction of sp³-hybridized carbons (Fsp3) is 0.308. The van der Waals surface area contributed by atoms with Crippen molar-refractivity contribution in [3.05, 3.63) is 41.4 Å². The molecule has 0 spiro atoms. The maximum Gasteiger partial charge on any atom is 0.272 e. The lowest BCUT2D eigenvalue weighted by atomic mass is 10.3. The highest BCUT2D eigenvalue weighted by Crippen LogP contribution is 2.22. The Labute approximate surface area is 123 Å². The number of hydrogen-bond acceptors (Lipinski definition) is 5. The molecule has 0 saturated carbocycles. The van der Waals surface area contributed by atoms with Crippen LogP contribution in [0.3, 0.4) is 0 Å². The Bertz CT molecular complexity index is 639. The molecular weight excluding hydrogens is 294 g/mol. The second-order valence-electron chi connectivity index (χ2n) is 4.27. The van der Waals surface area contributed by atoms with Crippen molar-refractivity contribution in [3.63, 3.8) is 0 Å². The summed E-state index contributed by atoms with van der Waals surface area (Å²) in [4.78, 5) is 3.96. The predicted molar refractivity (Wildman–Crippen MR) is 81.4 cm³/mol. The molecule has 0 bridgehead atoms. The molecule has 7 heteroatoms. The molecule has 2 aromatic heterocycles. The first-order valence-electron chi connectivity index (χ1n) is 6.34. The zero-order valence-corrected chi connectivity index (χ0v) is 12.8. The normalized spacial score (nSPS) is 11.4. The second kappa shape index (κ2) is 6.83. The summed E-state index contributed by atoms with van der Waals surface area (Å²) in [6.45, 7) is 3.70. The van der Waals surface area contributed by atoms with Crippen LogP contribution in [0.4, 0.5) is 5.82 Å². The van der Waals surface area contributed by atoms with Crippen LogP contribution in [-0.2, 0) is 16.6 Å². The fourth-order valence-corrected chi connectivity index (χ4v) is 3.82. The van der Waals surface area contributed by atoms with Crippen molar-refractivity contribution in [3.8, 4) is 0 Å². The molecule has 20 heavy (non-hydrogen) atoms. The van der Waals surface area contributed by atoms with E-state index in [0.717, 1.165) is 18.5 Å². The Morgan fingerprint density at radius 1 is 1.35 bits per heavy atom. The van der Waals surface area contributed by atoms with E-state index in [1.807, 2.05) is 5.38 Å². The summed E-state index contributed by atoms with van der Waals surface area (Å²) in [7, 11) is -3.54. The molecule has 2 N–H and O–H groups in total. The highest BCUT2D eigenvalue weighted by molar-refractivity contribution is 7.94. The third-order valence-electron chi connectivity index (χ3n) is 2.55. The highest BCUT2D eigenvalue weighted by Gasteiger charge is 2.17. The lowest BCUT2D eigenvalue weighted by Gasteiger charge is -2.04. The smallest absolute Gasteiger partial charge is 0.272 e. The van der Waals surface area contributed by atoms with Crippen molar-refractivity contribution in [1.29, 1.82) is 0 Å². The number of aromatic nitrogens is 1. The summed E-state index contributed by atoms with van der Waals surface area (Å²) in [6.07, 6.45) is 2.60. The molecular formula is C13H17N3O2S2. The third kappa shape index (κ3) is 4.03. The van der Waals surface area contributed by atoms with Gasteiger partial charge in [-0.3, -0.25) is 4.72 Å². The van der Waals surface area contributed by atoms with E-state index >= 15 is 0 Å². The van der Waals surface area contributed by atoms with E-state index in [9.17, 15) is 8.42 Å². The fourth-order valence-electron chi connectivity index (χ4n) is 1.61. The van der Waals surface area contributed by atoms with E-state index < -0.39 is 10.0 Å². The van der Waals surface area contributed by atoms with Crippen molar-refractivity contribution < 1.29 is 8.42 Å². The number of sulfonamides is 1. The Kier molecular flexibility index (Phi) is 5.11. The van der Waals surface area contributed by atoms with Crippen LogP contribution in [0.15, 0.2) is 40.1 Å². The zero-order chi connectivity index (χ0) is 14.4. The Hall–Kier alpha value is -1.44. The summed E-state index contributed by atoms with van der Waals surface area (Å²) in [6, 6.07) is 6.79. The number of thiophene rings is 1. The van der Waals surface area contributed by atoms with Gasteiger partial charge in [-0.05, 0) is 42.1 Å². The van der Waals surface area contributed by atoms with Crippen LogP contribution in [0.5, 0.6) is 0 Å². The highest BCUT2D eigenvalue weighted by atomic mass is 32.2. The van der Waals surface area contributed by atoms with Gasteiger partial charge in [0.25, 0.3) is 10.0 Å². The molecule has 0 aromatic carbocycles. The average Bonchev–Trinajstić information content (AvgIpc) is 2.89. The van der Waals surface area contributed by atoms with Crippen molar-refractivity contribution in [1.82, 2.24) is 10.3 Å². The van der Waals surface area contributed by atoms with E-state index in [0.29, 0.717) is 16.6 Å². The van der Waals surface area contributed by atoms with Crippen LogP contribution in [0.2, 0.25) is 0 Å². The van der Waals surface area contributed by atoms with Gasteiger partial charge in [-0.2, -0.15) is 0 Å². The van der Waals surface area contributed by atoms with Gasteiger partial charge in [0.2, 0.25) is 0 Å². The predicted octanol–water partition coefficient (Wildman–Crippen LogP) is 2.44. The first kappa shape index (κ1) is 15.0. The average molecular weight is 311 g/mol. The van der Waals surface area contributed by atoms with Gasteiger partial charge in [0.05, 0.1) is 0 Å². The van der Waals surface area contributed by atoms with Crippen molar-refractivity contribution in [2.24, 2.45) is 0 Å². The molecule has 2 rings (SSSR count). The molecule has 108 valence electrons. The number of nitrogens with one attached hydrogen (secondary N) is 2. The van der Waals surface area contributed by atoms with Crippen LogP contribution in [-0.4, -0.2) is 19.9 Å². The van der Waals surface area contributed by atoms with Gasteiger partial charge in [-0.1, -0.05) is 13.0 Å². The van der Waals surface area contributed by atoms with Crippen molar-refractivity contribution >= 4 is 27.2 Å². The minimum absolute atomic E-state index is 0.302. The van der Waals surface area contributed by atoms with Crippen LogP contribution < -0.4 is 10.0 Å². The molecule has 0 amide bonds. The molecule has 0 saturated heterocycles. The molecule has 0 aliphatic carbocycles. The topological polar surface area (TPSA) is 71.1 Å². The first-order chi connectivity index (χ1) is 9.62. The molecule has 0 unspecified atom stereocenters. The molecule has 0 radical (unpaired) electrons. The first-order valence-corrected chi connectivity index (χ1v) is 8.70. The van der Waals surface area contributed by atoms with Crippen molar-refractivity contribution in [2.75, 3.05) is 11.3 Å². The van der Waals surface area contributed by atoms with E-state index in [4.69, 9.17) is 0 Å². The van der Waals surface area contributed by atoms with E-state index in [1.54, 1.807) is 30.5 Å². The van der Waals surface area contributed by atoms with Crippen LogP contribution in [0.1, 0.15) is 18.9 Å². The Morgan fingerprint density at radius 2 is 2.20 bits per heavy atom. The Morgan fingerprint density at radius 3 is 2.90 bits per heavy atom. The number of anilines is 1. The summed E-state index contributed by atoms with van der Waals surface area (Å²) < 4.78 is 27.1. The second-order valence-corrected chi connectivity index (χ2v) is 7.09. The van der Waals surface area contributed by atoms with Crippen molar-refractivity contribution in [2.45, 2.75) is 24.1 Å². The summed E-state index contributed by atoms with van der Waals surface area (Å²) in [5.41, 5.74) is 0.977. The molecule has 5 nitrogen and oxygen atoms in total. The lowest BCUT2D eigenvalue weighted by molar-refractivity contribution is 0.602. The minimum atomic E-state index is -3.54. The van der Waals surface area contributed by atoms with E-state index in [1.165, 1.54) is 11.3 Å². The van der Waals surface area contributed by atoms with Crippen LogP contribution in [0, 0.1) is 0 Å². The summed E-state index contributed by atoms with van der Waals surface area (Å²) in [5.74, 6) is 0.326. The Balaban J connectivity index is 2.06. The maximum absolute atomic E-state index is 12.2. The molecule has 2 heterocycles. The van der Waals surface area contributed by atoms with Crippen LogP contribution >= 0.6 is 11.3 Å². The molecule has 2 aromatic rings. The molecule has 0 atom stereocenters. The van der Waals surface area contributed by atoms with Gasteiger partial charge in [0.15, 0.2) is 0 Å². The third-order valence-corrected chi connectivity index (χ3v) is 5.40. The number of pyridine rings is 1.